The first-order valence-corrected chi connectivity index (χ1v) is 11.7. The van der Waals surface area contributed by atoms with Gasteiger partial charge in [0, 0.05) is 10.9 Å². The van der Waals surface area contributed by atoms with Crippen LogP contribution in [0.2, 0.25) is 0 Å². The zero-order valence-electron chi connectivity index (χ0n) is 19.5. The number of carboxylic acids is 2. The minimum absolute atomic E-state index is 0.00355. The molecule has 0 unspecified atom stereocenters. The molecule has 4 aromatic rings. The molecular formula is C23H14F3N5O8S. The van der Waals surface area contributed by atoms with Crippen LogP contribution in [0, 0.1) is 0 Å². The van der Waals surface area contributed by atoms with Crippen molar-refractivity contribution in [1.29, 1.82) is 0 Å². The number of amides is 1. The highest BCUT2D eigenvalue weighted by Gasteiger charge is 2.45. The van der Waals surface area contributed by atoms with Crippen LogP contribution in [0.1, 0.15) is 16.1 Å². The van der Waals surface area contributed by atoms with Gasteiger partial charge in [-0.05, 0) is 24.3 Å². The van der Waals surface area contributed by atoms with Crippen LogP contribution in [0.25, 0.3) is 21.5 Å². The Morgan fingerprint density at radius 2 is 1.70 bits per heavy atom. The average Bonchev–Trinajstić information content (AvgIpc) is 3.56. The smallest absolute Gasteiger partial charge is 0.490 e. The van der Waals surface area contributed by atoms with Gasteiger partial charge in [-0.15, -0.1) is 10.2 Å². The molecule has 6 rings (SSSR count). The van der Waals surface area contributed by atoms with Gasteiger partial charge < -0.3 is 35.4 Å². The molecule has 2 aromatic carbocycles. The summed E-state index contributed by atoms with van der Waals surface area (Å²) < 4.78 is 42.4. The number of anilines is 1. The molecule has 0 saturated heterocycles. The SMILES string of the molecule is O=C(O)C(F)(F)F.O=C1N[C@@](C(=O)O)(c2ccc3c(c2)OCO3)Nc2nnc(s2)-c2ccc3ccc1nc3c2O. The van der Waals surface area contributed by atoms with Gasteiger partial charge in [0.15, 0.2) is 22.3 Å². The number of carbonyl (C=O) groups is 3. The Bertz CT molecular complexity index is 1700. The van der Waals surface area contributed by atoms with E-state index in [2.05, 4.69) is 25.8 Å². The molecule has 1 atom stereocenters. The van der Waals surface area contributed by atoms with Crippen molar-refractivity contribution in [2.45, 2.75) is 11.8 Å². The van der Waals surface area contributed by atoms with Crippen molar-refractivity contribution in [2.75, 3.05) is 12.1 Å². The van der Waals surface area contributed by atoms with E-state index in [1.54, 1.807) is 24.3 Å². The van der Waals surface area contributed by atoms with E-state index < -0.39 is 29.7 Å². The molecule has 17 heteroatoms. The number of halogens is 3. The number of aliphatic carboxylic acids is 2. The summed E-state index contributed by atoms with van der Waals surface area (Å²) in [5, 5.41) is 42.8. The van der Waals surface area contributed by atoms with Crippen LogP contribution in [0.4, 0.5) is 18.3 Å². The van der Waals surface area contributed by atoms with Gasteiger partial charge in [-0.1, -0.05) is 29.5 Å². The van der Waals surface area contributed by atoms with Crippen molar-refractivity contribution in [3.8, 4) is 27.8 Å². The molecule has 2 aliphatic heterocycles. The summed E-state index contributed by atoms with van der Waals surface area (Å²) in [5.41, 5.74) is -1.49. The largest absolute Gasteiger partial charge is 0.505 e. The summed E-state index contributed by atoms with van der Waals surface area (Å²) in [6.45, 7) is 0.00355. The molecule has 206 valence electrons. The van der Waals surface area contributed by atoms with E-state index in [4.69, 9.17) is 19.4 Å². The Morgan fingerprint density at radius 1 is 1.00 bits per heavy atom. The van der Waals surface area contributed by atoms with E-state index in [1.807, 2.05) is 0 Å². The lowest BCUT2D eigenvalue weighted by Gasteiger charge is -2.31. The van der Waals surface area contributed by atoms with E-state index >= 15 is 0 Å². The highest BCUT2D eigenvalue weighted by Crippen LogP contribution is 2.40. The summed E-state index contributed by atoms with van der Waals surface area (Å²) in [6.07, 6.45) is -5.08. The number of carboxylic acid groups (broad SMARTS) is 2. The number of rotatable bonds is 2. The second kappa shape index (κ2) is 9.53. The first-order chi connectivity index (χ1) is 18.9. The van der Waals surface area contributed by atoms with Crippen molar-refractivity contribution in [3.63, 3.8) is 0 Å². The topological polar surface area (TPSA) is 193 Å². The first kappa shape index (κ1) is 26.4. The van der Waals surface area contributed by atoms with E-state index in [-0.39, 0.29) is 34.4 Å². The third-order valence-electron chi connectivity index (χ3n) is 5.69. The number of hydrogen-bond acceptors (Lipinski definition) is 11. The lowest BCUT2D eigenvalue weighted by molar-refractivity contribution is -0.192. The molecule has 0 radical (unpaired) electrons. The van der Waals surface area contributed by atoms with Gasteiger partial charge >= 0.3 is 18.1 Å². The number of nitrogens with zero attached hydrogens (tertiary/aromatic N) is 3. The summed E-state index contributed by atoms with van der Waals surface area (Å²) in [4.78, 5) is 39.1. The van der Waals surface area contributed by atoms with Crippen LogP contribution in [0.5, 0.6) is 17.2 Å². The molecule has 5 N–H and O–H groups in total. The quantitative estimate of drug-likeness (QED) is 0.234. The van der Waals surface area contributed by atoms with E-state index in [1.165, 1.54) is 18.2 Å². The number of carbonyl (C=O) groups excluding carboxylic acids is 1. The Kier molecular flexibility index (Phi) is 6.29. The molecule has 0 fully saturated rings. The number of aromatic hydroxyl groups is 1. The summed E-state index contributed by atoms with van der Waals surface area (Å²) >= 11 is 1.02. The van der Waals surface area contributed by atoms with Crippen molar-refractivity contribution < 1.29 is 52.3 Å². The molecule has 0 aliphatic carbocycles. The Balaban J connectivity index is 0.000000411. The Morgan fingerprint density at radius 3 is 2.40 bits per heavy atom. The number of hydrogen-bond donors (Lipinski definition) is 5. The number of fused-ring (bicyclic) bond motifs is 6. The predicted octanol–water partition coefficient (Wildman–Crippen LogP) is 2.91. The molecule has 0 saturated carbocycles. The molecule has 2 aromatic heterocycles. The maximum atomic E-state index is 13.2. The number of alkyl halides is 3. The molecule has 5 bridgehead atoms. The fourth-order valence-corrected chi connectivity index (χ4v) is 4.61. The van der Waals surface area contributed by atoms with E-state index in [0.717, 1.165) is 11.3 Å². The second-order valence-corrected chi connectivity index (χ2v) is 9.13. The van der Waals surface area contributed by atoms with Gasteiger partial charge in [-0.25, -0.2) is 14.6 Å². The minimum atomic E-state index is -5.08. The van der Waals surface area contributed by atoms with Crippen LogP contribution < -0.4 is 20.1 Å². The van der Waals surface area contributed by atoms with E-state index in [9.17, 15) is 33.0 Å². The number of phenolic OH excluding ortho intramolecular Hbond substituents is 1. The number of ether oxygens (including phenoxy) is 2. The minimum Gasteiger partial charge on any atom is -0.505 e. The highest BCUT2D eigenvalue weighted by atomic mass is 32.1. The first-order valence-electron chi connectivity index (χ1n) is 10.9. The Hall–Kier alpha value is -5.19. The van der Waals surface area contributed by atoms with Crippen LogP contribution in [0.15, 0.2) is 42.5 Å². The fraction of sp³-hybridized carbons (Fsp3) is 0.130. The van der Waals surface area contributed by atoms with Crippen LogP contribution in [0.3, 0.4) is 0 Å². The van der Waals surface area contributed by atoms with Gasteiger partial charge in [-0.2, -0.15) is 13.2 Å². The molecule has 1 amide bonds. The van der Waals surface area contributed by atoms with Gasteiger partial charge in [0.2, 0.25) is 17.6 Å². The van der Waals surface area contributed by atoms with Crippen molar-refractivity contribution >= 4 is 45.2 Å². The summed E-state index contributed by atoms with van der Waals surface area (Å²) in [6, 6.07) is 11.0. The second-order valence-electron chi connectivity index (χ2n) is 8.15. The number of nitrogens with one attached hydrogen (secondary N) is 2. The van der Waals surface area contributed by atoms with E-state index in [0.29, 0.717) is 27.5 Å². The third kappa shape index (κ3) is 4.62. The predicted molar refractivity (Wildman–Crippen MR) is 129 cm³/mol. The summed E-state index contributed by atoms with van der Waals surface area (Å²) in [7, 11) is 0. The molecule has 2 aliphatic rings. The normalized spacial score (nSPS) is 17.2. The van der Waals surface area contributed by atoms with Crippen LogP contribution in [-0.4, -0.2) is 61.3 Å². The van der Waals surface area contributed by atoms with Crippen molar-refractivity contribution in [2.24, 2.45) is 0 Å². The Labute approximate surface area is 223 Å². The number of phenols is 1. The van der Waals surface area contributed by atoms with Gasteiger partial charge in [0.25, 0.3) is 5.91 Å². The lowest BCUT2D eigenvalue weighted by atomic mass is 9.98. The van der Waals surface area contributed by atoms with Crippen LogP contribution in [-0.2, 0) is 15.3 Å². The average molecular weight is 577 g/mol. The molecule has 4 heterocycles. The molecule has 40 heavy (non-hydrogen) atoms. The fourth-order valence-electron chi connectivity index (χ4n) is 3.79. The maximum Gasteiger partial charge on any atom is 0.490 e. The van der Waals surface area contributed by atoms with Gasteiger partial charge in [-0.3, -0.25) is 4.79 Å². The molecule has 0 spiro atoms. The lowest BCUT2D eigenvalue weighted by Crippen LogP contribution is -2.57. The number of aromatic nitrogens is 3. The van der Waals surface area contributed by atoms with Crippen LogP contribution >= 0.6 is 11.3 Å². The number of benzene rings is 2. The zero-order valence-corrected chi connectivity index (χ0v) is 20.3. The highest BCUT2D eigenvalue weighted by molar-refractivity contribution is 7.18. The standard InChI is InChI=1S/C21H13N5O6S.C2HF3O2/c27-16-11-4-1-9-2-5-12(22-15(9)16)17(28)23-21(19(29)30,24-20-26-25-18(11)33-20)10-3-6-13-14(7-10)32-8-31-13;3-2(4,5)1(6)7/h1-7,27H,8H2,(H,23,28)(H,24,26)(H,29,30);(H,6,7)/t21-;/m0./s1. The van der Waals surface area contributed by atoms with Crippen molar-refractivity contribution in [1.82, 2.24) is 20.5 Å². The maximum absolute atomic E-state index is 13.2. The molecular weight excluding hydrogens is 563 g/mol. The molecule has 13 nitrogen and oxygen atoms in total. The van der Waals surface area contributed by atoms with Crippen molar-refractivity contribution in [3.05, 3.63) is 53.7 Å². The van der Waals surface area contributed by atoms with Gasteiger partial charge in [0.1, 0.15) is 11.2 Å². The number of pyridine rings is 1. The monoisotopic (exact) mass is 577 g/mol. The summed E-state index contributed by atoms with van der Waals surface area (Å²) in [5.74, 6) is -4.28. The van der Waals surface area contributed by atoms with Gasteiger partial charge in [0.05, 0.1) is 5.56 Å². The third-order valence-corrected chi connectivity index (χ3v) is 6.56. The zero-order chi connectivity index (χ0) is 28.8.